The molecule has 0 fully saturated rings. The molecule has 2 aromatic rings. The summed E-state index contributed by atoms with van der Waals surface area (Å²) < 4.78 is 10.5. The maximum absolute atomic E-state index is 12.3. The highest BCUT2D eigenvalue weighted by atomic mass is 16.5. The van der Waals surface area contributed by atoms with E-state index in [4.69, 9.17) is 9.47 Å². The maximum Gasteiger partial charge on any atom is 0.253 e. The number of carbonyl (C=O) groups is 1. The summed E-state index contributed by atoms with van der Waals surface area (Å²) in [6.45, 7) is 3.47. The van der Waals surface area contributed by atoms with Gasteiger partial charge in [-0.05, 0) is 36.2 Å². The van der Waals surface area contributed by atoms with E-state index < -0.39 is 0 Å². The zero-order chi connectivity index (χ0) is 18.8. The first kappa shape index (κ1) is 19.6. The molecule has 0 atom stereocenters. The van der Waals surface area contributed by atoms with Crippen LogP contribution in [0.15, 0.2) is 36.5 Å². The summed E-state index contributed by atoms with van der Waals surface area (Å²) in [5, 5.41) is 6.15. The second-order valence-corrected chi connectivity index (χ2v) is 5.94. The van der Waals surface area contributed by atoms with Gasteiger partial charge in [0.25, 0.3) is 5.91 Å². The number of aromatic nitrogens is 1. The van der Waals surface area contributed by atoms with E-state index in [-0.39, 0.29) is 5.91 Å². The number of carbonyl (C=O) groups excluding carboxylic acids is 1. The fourth-order valence-electron chi connectivity index (χ4n) is 2.50. The zero-order valence-corrected chi connectivity index (χ0v) is 15.7. The molecule has 1 aromatic heterocycles. The number of ether oxygens (including phenoxy) is 2. The van der Waals surface area contributed by atoms with Crippen LogP contribution in [0.1, 0.15) is 42.1 Å². The molecule has 2 rings (SSSR count). The number of anilines is 1. The molecule has 0 spiro atoms. The molecule has 0 aliphatic carbocycles. The number of amides is 1. The molecule has 0 saturated carbocycles. The summed E-state index contributed by atoms with van der Waals surface area (Å²) in [6, 6.07) is 9.17. The number of pyridine rings is 1. The van der Waals surface area contributed by atoms with Crippen molar-refractivity contribution in [3.05, 3.63) is 47.7 Å². The van der Waals surface area contributed by atoms with Crippen molar-refractivity contribution in [3.63, 3.8) is 0 Å². The van der Waals surface area contributed by atoms with Gasteiger partial charge in [0, 0.05) is 19.3 Å². The Kier molecular flexibility index (Phi) is 7.74. The molecular weight excluding hydrogens is 330 g/mol. The number of unbranched alkanes of at least 4 members (excludes halogenated alkanes) is 2. The molecule has 0 aliphatic heterocycles. The van der Waals surface area contributed by atoms with Crippen LogP contribution in [0.5, 0.6) is 11.5 Å². The SMILES string of the molecule is CCCCCNc1ccc(C(=O)NCc2ccc(OC)c(OC)c2)cn1. The molecule has 26 heavy (non-hydrogen) atoms. The topological polar surface area (TPSA) is 72.5 Å². The average Bonchev–Trinajstić information content (AvgIpc) is 2.69. The number of rotatable bonds is 10. The molecular formula is C20H27N3O3. The summed E-state index contributed by atoms with van der Waals surface area (Å²) in [7, 11) is 3.18. The summed E-state index contributed by atoms with van der Waals surface area (Å²) in [5.41, 5.74) is 1.46. The second kappa shape index (κ2) is 10.3. The van der Waals surface area contributed by atoms with Crippen molar-refractivity contribution in [1.29, 1.82) is 0 Å². The lowest BCUT2D eigenvalue weighted by atomic mass is 10.2. The van der Waals surface area contributed by atoms with E-state index in [9.17, 15) is 4.79 Å². The largest absolute Gasteiger partial charge is 0.493 e. The highest BCUT2D eigenvalue weighted by Gasteiger charge is 2.08. The van der Waals surface area contributed by atoms with Gasteiger partial charge >= 0.3 is 0 Å². The Morgan fingerprint density at radius 3 is 2.54 bits per heavy atom. The standard InChI is InChI=1S/C20H27N3O3/c1-4-5-6-11-21-19-10-8-16(14-22-19)20(24)23-13-15-7-9-17(25-2)18(12-15)26-3/h7-10,12,14H,4-6,11,13H2,1-3H3,(H,21,22)(H,23,24). The molecule has 0 aliphatic rings. The minimum absolute atomic E-state index is 0.162. The molecule has 1 amide bonds. The van der Waals surface area contributed by atoms with E-state index in [1.165, 1.54) is 12.8 Å². The molecule has 0 unspecified atom stereocenters. The number of hydrogen-bond acceptors (Lipinski definition) is 5. The second-order valence-electron chi connectivity index (χ2n) is 5.94. The average molecular weight is 357 g/mol. The van der Waals surface area contributed by atoms with Crippen LogP contribution in [-0.2, 0) is 6.54 Å². The Morgan fingerprint density at radius 1 is 1.08 bits per heavy atom. The highest BCUT2D eigenvalue weighted by Crippen LogP contribution is 2.27. The molecule has 0 radical (unpaired) electrons. The van der Waals surface area contributed by atoms with Gasteiger partial charge < -0.3 is 20.1 Å². The molecule has 0 bridgehead atoms. The molecule has 0 saturated heterocycles. The summed E-state index contributed by atoms with van der Waals surface area (Å²) >= 11 is 0. The first-order valence-corrected chi connectivity index (χ1v) is 8.87. The summed E-state index contributed by atoms with van der Waals surface area (Å²) in [5.74, 6) is 1.93. The molecule has 6 nitrogen and oxygen atoms in total. The van der Waals surface area contributed by atoms with Crippen molar-refractivity contribution >= 4 is 11.7 Å². The van der Waals surface area contributed by atoms with Gasteiger partial charge in [0.15, 0.2) is 11.5 Å². The van der Waals surface area contributed by atoms with Gasteiger partial charge in [-0.1, -0.05) is 25.8 Å². The minimum atomic E-state index is -0.162. The first-order chi connectivity index (χ1) is 12.7. The lowest BCUT2D eigenvalue weighted by molar-refractivity contribution is 0.0950. The van der Waals surface area contributed by atoms with Crippen LogP contribution in [0.25, 0.3) is 0 Å². The van der Waals surface area contributed by atoms with Crippen molar-refractivity contribution in [1.82, 2.24) is 10.3 Å². The van der Waals surface area contributed by atoms with Crippen LogP contribution in [0.2, 0.25) is 0 Å². The van der Waals surface area contributed by atoms with E-state index in [1.54, 1.807) is 26.5 Å². The third kappa shape index (κ3) is 5.65. The number of benzene rings is 1. The first-order valence-electron chi connectivity index (χ1n) is 8.87. The van der Waals surface area contributed by atoms with E-state index in [2.05, 4.69) is 22.5 Å². The van der Waals surface area contributed by atoms with E-state index in [0.29, 0.717) is 23.6 Å². The number of hydrogen-bond donors (Lipinski definition) is 2. The Balaban J connectivity index is 1.87. The predicted octanol–water partition coefficient (Wildman–Crippen LogP) is 3.63. The van der Waals surface area contributed by atoms with Crippen molar-refractivity contribution < 1.29 is 14.3 Å². The van der Waals surface area contributed by atoms with Gasteiger partial charge in [-0.3, -0.25) is 4.79 Å². The van der Waals surface area contributed by atoms with Gasteiger partial charge in [-0.25, -0.2) is 4.98 Å². The quantitative estimate of drug-likeness (QED) is 0.635. The lowest BCUT2D eigenvalue weighted by Crippen LogP contribution is -2.23. The monoisotopic (exact) mass is 357 g/mol. The van der Waals surface area contributed by atoms with Gasteiger partial charge in [0.05, 0.1) is 19.8 Å². The molecule has 6 heteroatoms. The fourth-order valence-corrected chi connectivity index (χ4v) is 2.50. The highest BCUT2D eigenvalue weighted by molar-refractivity contribution is 5.94. The van der Waals surface area contributed by atoms with Gasteiger partial charge in [-0.15, -0.1) is 0 Å². The molecule has 140 valence electrons. The summed E-state index contributed by atoms with van der Waals surface area (Å²) in [4.78, 5) is 16.6. The Labute approximate surface area is 154 Å². The third-order valence-electron chi connectivity index (χ3n) is 4.01. The molecule has 1 heterocycles. The van der Waals surface area contributed by atoms with Gasteiger partial charge in [0.1, 0.15) is 5.82 Å². The van der Waals surface area contributed by atoms with Crippen LogP contribution < -0.4 is 20.1 Å². The van der Waals surface area contributed by atoms with Crippen molar-refractivity contribution in [2.75, 3.05) is 26.1 Å². The van der Waals surface area contributed by atoms with Crippen molar-refractivity contribution in [3.8, 4) is 11.5 Å². The summed E-state index contributed by atoms with van der Waals surface area (Å²) in [6.07, 6.45) is 5.09. The van der Waals surface area contributed by atoms with Crippen LogP contribution in [0.4, 0.5) is 5.82 Å². The Bertz CT molecular complexity index is 702. The van der Waals surface area contributed by atoms with Gasteiger partial charge in [-0.2, -0.15) is 0 Å². The Hall–Kier alpha value is -2.76. The van der Waals surface area contributed by atoms with E-state index in [1.807, 2.05) is 24.3 Å². The van der Waals surface area contributed by atoms with Crippen molar-refractivity contribution in [2.45, 2.75) is 32.7 Å². The number of nitrogens with one attached hydrogen (secondary N) is 2. The normalized spacial score (nSPS) is 10.3. The van der Waals surface area contributed by atoms with Crippen LogP contribution >= 0.6 is 0 Å². The smallest absolute Gasteiger partial charge is 0.253 e. The van der Waals surface area contributed by atoms with Gasteiger partial charge in [0.2, 0.25) is 0 Å². The molecule has 1 aromatic carbocycles. The lowest BCUT2D eigenvalue weighted by Gasteiger charge is -2.10. The fraction of sp³-hybridized carbons (Fsp3) is 0.400. The Morgan fingerprint density at radius 2 is 1.88 bits per heavy atom. The third-order valence-corrected chi connectivity index (χ3v) is 4.01. The van der Waals surface area contributed by atoms with E-state index >= 15 is 0 Å². The maximum atomic E-state index is 12.3. The predicted molar refractivity (Wildman–Crippen MR) is 103 cm³/mol. The zero-order valence-electron chi connectivity index (χ0n) is 15.7. The minimum Gasteiger partial charge on any atom is -0.493 e. The van der Waals surface area contributed by atoms with Crippen LogP contribution in [-0.4, -0.2) is 31.7 Å². The van der Waals surface area contributed by atoms with Crippen LogP contribution in [0, 0.1) is 0 Å². The van der Waals surface area contributed by atoms with Crippen molar-refractivity contribution in [2.24, 2.45) is 0 Å². The number of nitrogens with zero attached hydrogens (tertiary/aromatic N) is 1. The van der Waals surface area contributed by atoms with Crippen LogP contribution in [0.3, 0.4) is 0 Å². The molecule has 2 N–H and O–H groups in total. The van der Waals surface area contributed by atoms with E-state index in [0.717, 1.165) is 24.3 Å². The number of methoxy groups -OCH3 is 2.